The average molecular weight is 311 g/mol. The predicted molar refractivity (Wildman–Crippen MR) is 76.4 cm³/mol. The van der Waals surface area contributed by atoms with Gasteiger partial charge in [-0.3, -0.25) is 4.79 Å². The van der Waals surface area contributed by atoms with Crippen LogP contribution in [-0.4, -0.2) is 18.5 Å². The topological polar surface area (TPSA) is 41.1 Å². The molecule has 18 heavy (non-hydrogen) atoms. The maximum atomic E-state index is 11.8. The second-order valence-electron chi connectivity index (χ2n) is 4.84. The molecule has 0 saturated carbocycles. The van der Waals surface area contributed by atoms with Crippen LogP contribution >= 0.6 is 15.9 Å². The van der Waals surface area contributed by atoms with Crippen molar-refractivity contribution < 1.29 is 4.79 Å². The Labute approximate surface area is 116 Å². The fourth-order valence-corrected chi connectivity index (χ4v) is 2.75. The minimum Gasteiger partial charge on any atom is -0.352 e. The maximum Gasteiger partial charge on any atom is 0.221 e. The highest BCUT2D eigenvalue weighted by molar-refractivity contribution is 9.10. The van der Waals surface area contributed by atoms with Crippen molar-refractivity contribution in [1.82, 2.24) is 10.6 Å². The van der Waals surface area contributed by atoms with E-state index in [-0.39, 0.29) is 5.91 Å². The number of benzene rings is 1. The average Bonchev–Trinajstić information content (AvgIpc) is 2.80. The van der Waals surface area contributed by atoms with Crippen LogP contribution in [0.1, 0.15) is 30.4 Å². The number of halogens is 1. The summed E-state index contributed by atoms with van der Waals surface area (Å²) < 4.78 is 1.07. The number of hydrogen-bond donors (Lipinski definition) is 2. The first kappa shape index (κ1) is 13.6. The predicted octanol–water partition coefficient (Wildman–Crippen LogP) is 2.52. The van der Waals surface area contributed by atoms with Crippen molar-refractivity contribution in [2.75, 3.05) is 6.54 Å². The Morgan fingerprint density at radius 1 is 1.56 bits per heavy atom. The molecule has 2 rings (SSSR count). The number of rotatable bonds is 4. The van der Waals surface area contributed by atoms with E-state index in [4.69, 9.17) is 0 Å². The Bertz CT molecular complexity index is 428. The Balaban J connectivity index is 1.81. The number of hydrogen-bond acceptors (Lipinski definition) is 2. The van der Waals surface area contributed by atoms with Crippen molar-refractivity contribution >= 4 is 21.8 Å². The standard InChI is InChI=1S/C14H19BrN2O/c1-10-7-12(15)5-4-11(10)9-17-14(18)8-13-3-2-6-16-13/h4-5,7,13,16H,2-3,6,8-9H2,1H3,(H,17,18). The second-order valence-corrected chi connectivity index (χ2v) is 5.76. The van der Waals surface area contributed by atoms with Gasteiger partial charge < -0.3 is 10.6 Å². The molecule has 0 aliphatic carbocycles. The number of aryl methyl sites for hydroxylation is 1. The zero-order chi connectivity index (χ0) is 13.0. The van der Waals surface area contributed by atoms with E-state index in [1.165, 1.54) is 17.5 Å². The van der Waals surface area contributed by atoms with Crippen molar-refractivity contribution in [3.05, 3.63) is 33.8 Å². The fourth-order valence-electron chi connectivity index (χ4n) is 2.28. The van der Waals surface area contributed by atoms with Crippen LogP contribution in [0, 0.1) is 6.92 Å². The SMILES string of the molecule is Cc1cc(Br)ccc1CNC(=O)CC1CCCN1. The molecule has 1 aliphatic heterocycles. The molecule has 1 aromatic carbocycles. The van der Waals surface area contributed by atoms with Crippen LogP contribution in [0.15, 0.2) is 22.7 Å². The lowest BCUT2D eigenvalue weighted by atomic mass is 10.1. The van der Waals surface area contributed by atoms with Gasteiger partial charge in [0, 0.05) is 23.5 Å². The number of carbonyl (C=O) groups excluding carboxylic acids is 1. The molecule has 0 radical (unpaired) electrons. The first-order valence-electron chi connectivity index (χ1n) is 6.40. The smallest absolute Gasteiger partial charge is 0.221 e. The third kappa shape index (κ3) is 3.82. The van der Waals surface area contributed by atoms with E-state index in [9.17, 15) is 4.79 Å². The molecule has 1 heterocycles. The van der Waals surface area contributed by atoms with Gasteiger partial charge in [0.05, 0.1) is 0 Å². The molecule has 0 spiro atoms. The van der Waals surface area contributed by atoms with Crippen LogP contribution in [0.2, 0.25) is 0 Å². The van der Waals surface area contributed by atoms with Crippen molar-refractivity contribution in [2.24, 2.45) is 0 Å². The van der Waals surface area contributed by atoms with E-state index in [0.29, 0.717) is 19.0 Å². The summed E-state index contributed by atoms with van der Waals surface area (Å²) in [6.45, 7) is 3.72. The van der Waals surface area contributed by atoms with Crippen molar-refractivity contribution in [3.8, 4) is 0 Å². The molecule has 98 valence electrons. The Kier molecular flexibility index (Phi) is 4.78. The van der Waals surface area contributed by atoms with Crippen LogP contribution in [0.3, 0.4) is 0 Å². The normalized spacial score (nSPS) is 18.9. The molecule has 1 saturated heterocycles. The molecule has 3 nitrogen and oxygen atoms in total. The lowest BCUT2D eigenvalue weighted by Crippen LogP contribution is -2.31. The summed E-state index contributed by atoms with van der Waals surface area (Å²) in [7, 11) is 0. The van der Waals surface area contributed by atoms with Gasteiger partial charge in [-0.15, -0.1) is 0 Å². The van der Waals surface area contributed by atoms with E-state index < -0.39 is 0 Å². The molecular formula is C14H19BrN2O. The van der Waals surface area contributed by atoms with Crippen molar-refractivity contribution in [1.29, 1.82) is 0 Å². The number of nitrogens with one attached hydrogen (secondary N) is 2. The van der Waals surface area contributed by atoms with Crippen molar-refractivity contribution in [3.63, 3.8) is 0 Å². The molecule has 1 aliphatic rings. The monoisotopic (exact) mass is 310 g/mol. The number of carbonyl (C=O) groups is 1. The molecule has 1 unspecified atom stereocenters. The minimum atomic E-state index is 0.136. The first-order chi connectivity index (χ1) is 8.65. The summed E-state index contributed by atoms with van der Waals surface area (Å²) in [5, 5.41) is 6.33. The van der Waals surface area contributed by atoms with Gasteiger partial charge in [-0.25, -0.2) is 0 Å². The highest BCUT2D eigenvalue weighted by atomic mass is 79.9. The van der Waals surface area contributed by atoms with E-state index in [0.717, 1.165) is 17.4 Å². The van der Waals surface area contributed by atoms with Crippen LogP contribution in [0.5, 0.6) is 0 Å². The molecule has 4 heteroatoms. The summed E-state index contributed by atoms with van der Waals surface area (Å²) in [6.07, 6.45) is 2.89. The fraction of sp³-hybridized carbons (Fsp3) is 0.500. The molecule has 1 amide bonds. The Hall–Kier alpha value is -0.870. The summed E-state index contributed by atoms with van der Waals surface area (Å²) in [4.78, 5) is 11.8. The van der Waals surface area contributed by atoms with Crippen LogP contribution < -0.4 is 10.6 Å². The van der Waals surface area contributed by atoms with Gasteiger partial charge in [0.1, 0.15) is 0 Å². The molecule has 1 atom stereocenters. The summed E-state index contributed by atoms with van der Waals surface area (Å²) in [5.41, 5.74) is 2.37. The van der Waals surface area contributed by atoms with E-state index >= 15 is 0 Å². The lowest BCUT2D eigenvalue weighted by Gasteiger charge is -2.11. The van der Waals surface area contributed by atoms with Gasteiger partial charge in [-0.1, -0.05) is 22.0 Å². The highest BCUT2D eigenvalue weighted by Gasteiger charge is 2.17. The van der Waals surface area contributed by atoms with E-state index in [1.807, 2.05) is 12.1 Å². The van der Waals surface area contributed by atoms with Crippen LogP contribution in [0.4, 0.5) is 0 Å². The largest absolute Gasteiger partial charge is 0.352 e. The lowest BCUT2D eigenvalue weighted by molar-refractivity contribution is -0.121. The van der Waals surface area contributed by atoms with Gasteiger partial charge in [0.15, 0.2) is 0 Å². The van der Waals surface area contributed by atoms with Gasteiger partial charge in [0.25, 0.3) is 0 Å². The summed E-state index contributed by atoms with van der Waals surface area (Å²) >= 11 is 3.44. The number of amides is 1. The van der Waals surface area contributed by atoms with Gasteiger partial charge in [-0.2, -0.15) is 0 Å². The zero-order valence-corrected chi connectivity index (χ0v) is 12.2. The molecule has 0 aromatic heterocycles. The molecule has 1 fully saturated rings. The second kappa shape index (κ2) is 6.34. The maximum absolute atomic E-state index is 11.8. The molecule has 2 N–H and O–H groups in total. The van der Waals surface area contributed by atoms with Gasteiger partial charge >= 0.3 is 0 Å². The van der Waals surface area contributed by atoms with Gasteiger partial charge in [0.2, 0.25) is 5.91 Å². The summed E-state index contributed by atoms with van der Waals surface area (Å²) in [6, 6.07) is 6.50. The van der Waals surface area contributed by atoms with Crippen LogP contribution in [0.25, 0.3) is 0 Å². The third-order valence-corrected chi connectivity index (χ3v) is 3.87. The highest BCUT2D eigenvalue weighted by Crippen LogP contribution is 2.15. The molecule has 0 bridgehead atoms. The minimum absolute atomic E-state index is 0.136. The summed E-state index contributed by atoms with van der Waals surface area (Å²) in [5.74, 6) is 0.136. The third-order valence-electron chi connectivity index (χ3n) is 3.37. The van der Waals surface area contributed by atoms with Crippen LogP contribution in [-0.2, 0) is 11.3 Å². The first-order valence-corrected chi connectivity index (χ1v) is 7.19. The quantitative estimate of drug-likeness (QED) is 0.897. The Morgan fingerprint density at radius 2 is 2.39 bits per heavy atom. The van der Waals surface area contributed by atoms with E-state index in [2.05, 4.69) is 39.6 Å². The Morgan fingerprint density at radius 3 is 3.06 bits per heavy atom. The van der Waals surface area contributed by atoms with E-state index in [1.54, 1.807) is 0 Å². The van der Waals surface area contributed by atoms with Crippen molar-refractivity contribution in [2.45, 2.75) is 38.8 Å². The van der Waals surface area contributed by atoms with Gasteiger partial charge in [-0.05, 0) is 49.6 Å². The molecule has 1 aromatic rings. The molecular weight excluding hydrogens is 292 g/mol. The zero-order valence-electron chi connectivity index (χ0n) is 10.6.